The molecule has 28 heavy (non-hydrogen) atoms. The number of aliphatic imine (C=N–C) groups is 1. The lowest BCUT2D eigenvalue weighted by Gasteiger charge is -2.13. The molecule has 0 spiro atoms. The average molecular weight is 516 g/mol. The summed E-state index contributed by atoms with van der Waals surface area (Å²) in [5.74, 6) is 0.0607. The standard InChI is InChI=1S/C19H21FN4O2S.HI/c1-13-8-15(5-7-18(13)27(3,25)26)11-23-19(22-2)24-12-16-9-14(10-21)4-6-17(16)20;/h4-9H,11-12H2,1-3H3,(H2,22,23,24);1H. The summed E-state index contributed by atoms with van der Waals surface area (Å²) in [7, 11) is -1.66. The van der Waals surface area contributed by atoms with Gasteiger partial charge < -0.3 is 10.6 Å². The van der Waals surface area contributed by atoms with Crippen molar-refractivity contribution in [1.29, 1.82) is 5.26 Å². The Balaban J connectivity index is 0.00000392. The van der Waals surface area contributed by atoms with Gasteiger partial charge in [0, 0.05) is 32.0 Å². The van der Waals surface area contributed by atoms with Gasteiger partial charge in [-0.15, -0.1) is 24.0 Å². The maximum Gasteiger partial charge on any atom is 0.191 e. The second-order valence-corrected chi connectivity index (χ2v) is 8.05. The SMILES string of the molecule is CN=C(NCc1ccc(S(C)(=O)=O)c(C)c1)NCc1cc(C#N)ccc1F.I. The summed E-state index contributed by atoms with van der Waals surface area (Å²) in [6.07, 6.45) is 1.18. The van der Waals surface area contributed by atoms with E-state index in [0.717, 1.165) is 5.56 Å². The summed E-state index contributed by atoms with van der Waals surface area (Å²) in [6.45, 7) is 2.34. The Morgan fingerprint density at radius 1 is 1.18 bits per heavy atom. The molecule has 0 heterocycles. The zero-order chi connectivity index (χ0) is 20.0. The molecule has 2 rings (SSSR count). The van der Waals surface area contributed by atoms with Crippen LogP contribution in [0.25, 0.3) is 0 Å². The molecule has 0 aromatic heterocycles. The van der Waals surface area contributed by atoms with E-state index in [0.29, 0.717) is 34.1 Å². The van der Waals surface area contributed by atoms with Crippen molar-refractivity contribution in [3.8, 4) is 6.07 Å². The lowest BCUT2D eigenvalue weighted by molar-refractivity contribution is 0.601. The van der Waals surface area contributed by atoms with Gasteiger partial charge in [0.25, 0.3) is 0 Å². The lowest BCUT2D eigenvalue weighted by atomic mass is 10.1. The smallest absolute Gasteiger partial charge is 0.191 e. The molecular formula is C19H22FIN4O2S. The van der Waals surface area contributed by atoms with E-state index in [1.807, 2.05) is 6.07 Å². The summed E-state index contributed by atoms with van der Waals surface area (Å²) in [6, 6.07) is 11.3. The Hall–Kier alpha value is -2.19. The van der Waals surface area contributed by atoms with Crippen LogP contribution in [0.3, 0.4) is 0 Å². The highest BCUT2D eigenvalue weighted by Crippen LogP contribution is 2.16. The summed E-state index contributed by atoms with van der Waals surface area (Å²) in [4.78, 5) is 4.39. The van der Waals surface area contributed by atoms with Crippen LogP contribution in [0.2, 0.25) is 0 Å². The predicted octanol–water partition coefficient (Wildman–Crippen LogP) is 2.89. The van der Waals surface area contributed by atoms with E-state index in [-0.39, 0.29) is 30.5 Å². The minimum Gasteiger partial charge on any atom is -0.352 e. The minimum absolute atomic E-state index is 0. The van der Waals surface area contributed by atoms with E-state index in [4.69, 9.17) is 5.26 Å². The van der Waals surface area contributed by atoms with Crippen molar-refractivity contribution < 1.29 is 12.8 Å². The fraction of sp³-hybridized carbons (Fsp3) is 0.263. The number of sulfone groups is 1. The van der Waals surface area contributed by atoms with Gasteiger partial charge in [-0.3, -0.25) is 4.99 Å². The van der Waals surface area contributed by atoms with Crippen LogP contribution >= 0.6 is 24.0 Å². The molecule has 0 atom stereocenters. The van der Waals surface area contributed by atoms with Gasteiger partial charge in [0.15, 0.2) is 15.8 Å². The third-order valence-electron chi connectivity index (χ3n) is 3.94. The molecule has 0 aliphatic carbocycles. The maximum absolute atomic E-state index is 13.8. The van der Waals surface area contributed by atoms with Gasteiger partial charge in [0.2, 0.25) is 0 Å². The molecular weight excluding hydrogens is 494 g/mol. The number of nitrogens with zero attached hydrogens (tertiary/aromatic N) is 2. The van der Waals surface area contributed by atoms with E-state index in [9.17, 15) is 12.8 Å². The van der Waals surface area contributed by atoms with Crippen molar-refractivity contribution in [3.63, 3.8) is 0 Å². The molecule has 0 bridgehead atoms. The van der Waals surface area contributed by atoms with Gasteiger partial charge in [-0.25, -0.2) is 12.8 Å². The number of nitrogens with one attached hydrogen (secondary N) is 2. The summed E-state index contributed by atoms with van der Waals surface area (Å²) < 4.78 is 37.2. The zero-order valence-electron chi connectivity index (χ0n) is 15.8. The van der Waals surface area contributed by atoms with Crippen molar-refractivity contribution in [1.82, 2.24) is 10.6 Å². The van der Waals surface area contributed by atoms with Crippen LogP contribution in [0.4, 0.5) is 4.39 Å². The number of halogens is 2. The molecule has 0 amide bonds. The van der Waals surface area contributed by atoms with Crippen molar-refractivity contribution in [3.05, 3.63) is 64.5 Å². The van der Waals surface area contributed by atoms with E-state index >= 15 is 0 Å². The first-order valence-electron chi connectivity index (χ1n) is 8.17. The Morgan fingerprint density at radius 3 is 2.43 bits per heavy atom. The van der Waals surface area contributed by atoms with Gasteiger partial charge in [0.05, 0.1) is 16.5 Å². The molecule has 6 nitrogen and oxygen atoms in total. The highest BCUT2D eigenvalue weighted by molar-refractivity contribution is 14.0. The first-order chi connectivity index (χ1) is 12.7. The third kappa shape index (κ3) is 6.45. The van der Waals surface area contributed by atoms with Crippen molar-refractivity contribution in [2.75, 3.05) is 13.3 Å². The quantitative estimate of drug-likeness (QED) is 0.362. The number of hydrogen-bond acceptors (Lipinski definition) is 4. The molecule has 2 N–H and O–H groups in total. The second kappa shape index (κ2) is 10.4. The summed E-state index contributed by atoms with van der Waals surface area (Å²) in [5.41, 5.74) is 2.32. The molecule has 0 aliphatic rings. The maximum atomic E-state index is 13.8. The third-order valence-corrected chi connectivity index (χ3v) is 5.20. The van der Waals surface area contributed by atoms with Crippen molar-refractivity contribution in [2.45, 2.75) is 24.9 Å². The first kappa shape index (κ1) is 23.8. The molecule has 2 aromatic rings. The number of nitriles is 1. The Kier molecular flexibility index (Phi) is 8.84. The Bertz CT molecular complexity index is 1020. The summed E-state index contributed by atoms with van der Waals surface area (Å²) >= 11 is 0. The van der Waals surface area contributed by atoms with Gasteiger partial charge in [-0.2, -0.15) is 5.26 Å². The van der Waals surface area contributed by atoms with Crippen molar-refractivity contribution >= 4 is 39.8 Å². The number of hydrogen-bond donors (Lipinski definition) is 2. The van der Waals surface area contributed by atoms with Crippen LogP contribution in [0.15, 0.2) is 46.3 Å². The van der Waals surface area contributed by atoms with Gasteiger partial charge in [0.1, 0.15) is 5.82 Å². The number of rotatable bonds is 5. The summed E-state index contributed by atoms with van der Waals surface area (Å²) in [5, 5.41) is 15.0. The molecule has 150 valence electrons. The lowest BCUT2D eigenvalue weighted by Crippen LogP contribution is -2.36. The van der Waals surface area contributed by atoms with Gasteiger partial charge >= 0.3 is 0 Å². The largest absolute Gasteiger partial charge is 0.352 e. The van der Waals surface area contributed by atoms with Crippen LogP contribution in [0, 0.1) is 24.1 Å². The highest BCUT2D eigenvalue weighted by Gasteiger charge is 2.11. The minimum atomic E-state index is -3.25. The van der Waals surface area contributed by atoms with E-state index in [1.165, 1.54) is 24.5 Å². The van der Waals surface area contributed by atoms with Gasteiger partial charge in [-0.05, 0) is 42.3 Å². The zero-order valence-corrected chi connectivity index (χ0v) is 18.9. The number of benzene rings is 2. The average Bonchev–Trinajstić information content (AvgIpc) is 2.62. The van der Waals surface area contributed by atoms with Crippen LogP contribution in [-0.2, 0) is 22.9 Å². The first-order valence-corrected chi connectivity index (χ1v) is 10.1. The molecule has 0 aliphatic heterocycles. The molecule has 9 heteroatoms. The topological polar surface area (TPSA) is 94.3 Å². The Morgan fingerprint density at radius 2 is 1.86 bits per heavy atom. The molecule has 0 saturated heterocycles. The van der Waals surface area contributed by atoms with Crippen LogP contribution < -0.4 is 10.6 Å². The van der Waals surface area contributed by atoms with Crippen LogP contribution in [-0.4, -0.2) is 27.7 Å². The van der Waals surface area contributed by atoms with Crippen molar-refractivity contribution in [2.24, 2.45) is 4.99 Å². The molecule has 0 radical (unpaired) electrons. The van der Waals surface area contributed by atoms with E-state index < -0.39 is 15.7 Å². The van der Waals surface area contributed by atoms with E-state index in [2.05, 4.69) is 15.6 Å². The molecule has 2 aromatic carbocycles. The highest BCUT2D eigenvalue weighted by atomic mass is 127. The van der Waals surface area contributed by atoms with Gasteiger partial charge in [-0.1, -0.05) is 12.1 Å². The molecule has 0 saturated carbocycles. The number of aryl methyl sites for hydroxylation is 1. The monoisotopic (exact) mass is 516 g/mol. The molecule has 0 unspecified atom stereocenters. The predicted molar refractivity (Wildman–Crippen MR) is 118 cm³/mol. The second-order valence-electron chi connectivity index (χ2n) is 6.07. The number of guanidine groups is 1. The fourth-order valence-electron chi connectivity index (χ4n) is 2.60. The molecule has 0 fully saturated rings. The van der Waals surface area contributed by atoms with Crippen LogP contribution in [0.5, 0.6) is 0 Å². The van der Waals surface area contributed by atoms with E-state index in [1.54, 1.807) is 32.2 Å². The normalized spacial score (nSPS) is 11.3. The fourth-order valence-corrected chi connectivity index (χ4v) is 3.56. The van der Waals surface area contributed by atoms with Crippen LogP contribution in [0.1, 0.15) is 22.3 Å². The Labute approximate surface area is 181 Å².